The lowest BCUT2D eigenvalue weighted by molar-refractivity contribution is -0.117. The number of thioether (sulfide) groups is 1. The fraction of sp³-hybridized carbons (Fsp3) is 0.364. The van der Waals surface area contributed by atoms with Crippen LogP contribution in [0, 0.1) is 0 Å². The molecule has 1 amide bonds. The van der Waals surface area contributed by atoms with E-state index < -0.39 is 16.3 Å². The molecule has 6 N–H and O–H groups in total. The van der Waals surface area contributed by atoms with E-state index in [4.69, 9.17) is 10.9 Å². The molecule has 1 atom stereocenters. The number of nitrogens with one attached hydrogen (secondary N) is 2. The van der Waals surface area contributed by atoms with Crippen LogP contribution < -0.4 is 20.9 Å². The monoisotopic (exact) mass is 318 g/mol. The van der Waals surface area contributed by atoms with E-state index in [-0.39, 0.29) is 11.6 Å². The fourth-order valence-electron chi connectivity index (χ4n) is 1.44. The normalized spacial score (nSPS) is 12.8. The summed E-state index contributed by atoms with van der Waals surface area (Å²) >= 11 is 1.61. The topological polar surface area (TPSA) is 127 Å². The minimum Gasteiger partial charge on any atom is -0.325 e. The van der Waals surface area contributed by atoms with Crippen LogP contribution in [0.25, 0.3) is 0 Å². The van der Waals surface area contributed by atoms with Crippen LogP contribution in [0.15, 0.2) is 24.3 Å². The molecule has 0 aliphatic heterocycles. The molecular weight excluding hydrogens is 300 g/mol. The van der Waals surface area contributed by atoms with Crippen molar-refractivity contribution >= 4 is 39.3 Å². The second kappa shape index (κ2) is 7.48. The van der Waals surface area contributed by atoms with Crippen LogP contribution in [-0.4, -0.2) is 32.4 Å². The Kier molecular flexibility index (Phi) is 6.27. The van der Waals surface area contributed by atoms with Gasteiger partial charge in [-0.05, 0) is 36.6 Å². The first-order valence-corrected chi connectivity index (χ1v) is 8.72. The molecule has 1 aromatic rings. The van der Waals surface area contributed by atoms with Crippen LogP contribution in [0.2, 0.25) is 0 Å². The van der Waals surface area contributed by atoms with Crippen molar-refractivity contribution in [3.8, 4) is 0 Å². The smallest absolute Gasteiger partial charge is 0.296 e. The van der Waals surface area contributed by atoms with E-state index in [1.54, 1.807) is 23.9 Å². The number of rotatable bonds is 7. The molecular formula is C11H18N4O3S2. The zero-order chi connectivity index (χ0) is 15.2. The number of carbonyl (C=O) groups excluding carboxylic acids is 1. The summed E-state index contributed by atoms with van der Waals surface area (Å²) in [7, 11) is -3.84. The van der Waals surface area contributed by atoms with E-state index in [1.165, 1.54) is 12.1 Å². The highest BCUT2D eigenvalue weighted by molar-refractivity contribution is 7.98. The largest absolute Gasteiger partial charge is 0.325 e. The molecule has 0 saturated heterocycles. The van der Waals surface area contributed by atoms with Crippen LogP contribution in [-0.2, 0) is 15.0 Å². The highest BCUT2D eigenvalue weighted by Gasteiger charge is 2.13. The molecule has 0 heterocycles. The van der Waals surface area contributed by atoms with Gasteiger partial charge in [-0.1, -0.05) is 6.07 Å². The van der Waals surface area contributed by atoms with Gasteiger partial charge in [-0.3, -0.25) is 9.52 Å². The lowest BCUT2D eigenvalue weighted by atomic mass is 10.2. The molecule has 0 aromatic heterocycles. The third-order valence-corrected chi connectivity index (χ3v) is 3.52. The summed E-state index contributed by atoms with van der Waals surface area (Å²) in [6, 6.07) is 5.61. The summed E-state index contributed by atoms with van der Waals surface area (Å²) in [6.45, 7) is 0. The van der Waals surface area contributed by atoms with Gasteiger partial charge in [-0.25, -0.2) is 5.14 Å². The van der Waals surface area contributed by atoms with Gasteiger partial charge in [0.05, 0.1) is 11.7 Å². The summed E-state index contributed by atoms with van der Waals surface area (Å²) in [5.41, 5.74) is 6.45. The van der Waals surface area contributed by atoms with Gasteiger partial charge in [-0.2, -0.15) is 20.2 Å². The maximum atomic E-state index is 11.8. The standard InChI is InChI=1S/C11H18N4O3S2/c1-19-6-5-10(12)11(16)14-8-3-2-4-9(7-8)15-20(13,17)18/h2-4,7,10,15H,5-6,12H2,1H3,(H,14,16)(H2,13,17,18)/t10-/m0/s1. The van der Waals surface area contributed by atoms with E-state index in [2.05, 4.69) is 10.0 Å². The Labute approximate surface area is 122 Å². The number of carbonyl (C=O) groups is 1. The molecule has 0 fully saturated rings. The number of amides is 1. The summed E-state index contributed by atoms with van der Waals surface area (Å²) < 4.78 is 24.0. The molecule has 0 aliphatic rings. The first kappa shape index (κ1) is 16.8. The Hall–Kier alpha value is -1.29. The van der Waals surface area contributed by atoms with Gasteiger partial charge in [-0.15, -0.1) is 0 Å². The molecule has 7 nitrogen and oxygen atoms in total. The number of anilines is 2. The van der Waals surface area contributed by atoms with Crippen LogP contribution in [0.1, 0.15) is 6.42 Å². The Morgan fingerprint density at radius 3 is 2.65 bits per heavy atom. The molecule has 0 unspecified atom stereocenters. The zero-order valence-electron chi connectivity index (χ0n) is 11.0. The van der Waals surface area contributed by atoms with E-state index in [0.717, 1.165) is 5.75 Å². The quantitative estimate of drug-likeness (QED) is 0.576. The predicted molar refractivity (Wildman–Crippen MR) is 82.8 cm³/mol. The Morgan fingerprint density at radius 1 is 1.40 bits per heavy atom. The van der Waals surface area contributed by atoms with Gasteiger partial charge >= 0.3 is 0 Å². The van der Waals surface area contributed by atoms with E-state index in [0.29, 0.717) is 12.1 Å². The van der Waals surface area contributed by atoms with Crippen molar-refractivity contribution < 1.29 is 13.2 Å². The van der Waals surface area contributed by atoms with Crippen LogP contribution >= 0.6 is 11.8 Å². The summed E-state index contributed by atoms with van der Waals surface area (Å²) in [6.07, 6.45) is 2.51. The molecule has 1 aromatic carbocycles. The highest BCUT2D eigenvalue weighted by Crippen LogP contribution is 2.16. The minimum atomic E-state index is -3.84. The van der Waals surface area contributed by atoms with Crippen molar-refractivity contribution in [2.24, 2.45) is 10.9 Å². The van der Waals surface area contributed by atoms with Crippen molar-refractivity contribution in [3.05, 3.63) is 24.3 Å². The van der Waals surface area contributed by atoms with E-state index in [1.807, 2.05) is 6.26 Å². The molecule has 112 valence electrons. The maximum absolute atomic E-state index is 11.8. The number of hydrogen-bond donors (Lipinski definition) is 4. The molecule has 0 aliphatic carbocycles. The van der Waals surface area contributed by atoms with Crippen LogP contribution in [0.4, 0.5) is 11.4 Å². The summed E-state index contributed by atoms with van der Waals surface area (Å²) in [4.78, 5) is 11.8. The first-order chi connectivity index (χ1) is 9.31. The molecule has 20 heavy (non-hydrogen) atoms. The second-order valence-corrected chi connectivity index (χ2v) is 6.38. The lowest BCUT2D eigenvalue weighted by Crippen LogP contribution is -2.36. The Balaban J connectivity index is 2.68. The molecule has 0 saturated carbocycles. The third-order valence-electron chi connectivity index (χ3n) is 2.36. The van der Waals surface area contributed by atoms with Gasteiger partial charge in [0.2, 0.25) is 5.91 Å². The summed E-state index contributed by atoms with van der Waals surface area (Å²) in [5, 5.41) is 7.50. The van der Waals surface area contributed by atoms with Gasteiger partial charge in [0.25, 0.3) is 10.2 Å². The molecule has 0 radical (unpaired) electrons. The predicted octanol–water partition coefficient (Wildman–Crippen LogP) is 0.321. The van der Waals surface area contributed by atoms with Crippen molar-refractivity contribution in [1.82, 2.24) is 0 Å². The number of nitrogens with two attached hydrogens (primary N) is 2. The number of hydrogen-bond acceptors (Lipinski definition) is 5. The van der Waals surface area contributed by atoms with E-state index in [9.17, 15) is 13.2 Å². The first-order valence-electron chi connectivity index (χ1n) is 5.78. The Morgan fingerprint density at radius 2 is 2.05 bits per heavy atom. The SMILES string of the molecule is CSCC[C@H](N)C(=O)Nc1cccc(NS(N)(=O)=O)c1. The summed E-state index contributed by atoms with van der Waals surface area (Å²) in [5.74, 6) is 0.480. The highest BCUT2D eigenvalue weighted by atomic mass is 32.2. The van der Waals surface area contributed by atoms with Crippen molar-refractivity contribution in [1.29, 1.82) is 0 Å². The van der Waals surface area contributed by atoms with Crippen molar-refractivity contribution in [2.45, 2.75) is 12.5 Å². The minimum absolute atomic E-state index is 0.267. The average molecular weight is 318 g/mol. The van der Waals surface area contributed by atoms with Crippen LogP contribution in [0.3, 0.4) is 0 Å². The van der Waals surface area contributed by atoms with Gasteiger partial charge in [0.15, 0.2) is 0 Å². The lowest BCUT2D eigenvalue weighted by Gasteiger charge is -2.12. The molecule has 1 rings (SSSR count). The molecule has 0 spiro atoms. The van der Waals surface area contributed by atoms with Crippen molar-refractivity contribution in [3.63, 3.8) is 0 Å². The third kappa shape index (κ3) is 6.24. The molecule has 9 heteroatoms. The van der Waals surface area contributed by atoms with Gasteiger partial charge in [0, 0.05) is 5.69 Å². The Bertz CT molecular complexity index is 563. The number of benzene rings is 1. The van der Waals surface area contributed by atoms with Gasteiger partial charge < -0.3 is 11.1 Å². The zero-order valence-corrected chi connectivity index (χ0v) is 12.6. The van der Waals surface area contributed by atoms with E-state index >= 15 is 0 Å². The second-order valence-electron chi connectivity index (χ2n) is 4.11. The van der Waals surface area contributed by atoms with Gasteiger partial charge in [0.1, 0.15) is 0 Å². The van der Waals surface area contributed by atoms with Crippen molar-refractivity contribution in [2.75, 3.05) is 22.0 Å². The fourth-order valence-corrected chi connectivity index (χ4v) is 2.38. The molecule has 0 bridgehead atoms. The average Bonchev–Trinajstić information content (AvgIpc) is 2.34. The maximum Gasteiger partial charge on any atom is 0.296 e. The van der Waals surface area contributed by atoms with Crippen LogP contribution in [0.5, 0.6) is 0 Å².